The van der Waals surface area contributed by atoms with Gasteiger partial charge in [0.2, 0.25) is 0 Å². The van der Waals surface area contributed by atoms with Gasteiger partial charge in [-0.3, -0.25) is 4.99 Å². The zero-order chi connectivity index (χ0) is 19.0. The molecule has 4 rings (SSSR count). The molecule has 0 spiro atoms. The molecule has 1 N–H and O–H groups in total. The first-order valence-corrected chi connectivity index (χ1v) is 9.39. The van der Waals surface area contributed by atoms with Gasteiger partial charge in [-0.2, -0.15) is 0 Å². The van der Waals surface area contributed by atoms with Crippen LogP contribution in [0.2, 0.25) is 0 Å². The van der Waals surface area contributed by atoms with E-state index < -0.39 is 5.60 Å². The van der Waals surface area contributed by atoms with Gasteiger partial charge in [-0.1, -0.05) is 18.2 Å². The van der Waals surface area contributed by atoms with Gasteiger partial charge in [0.15, 0.2) is 5.96 Å². The van der Waals surface area contributed by atoms with Crippen LogP contribution in [0.3, 0.4) is 0 Å². The van der Waals surface area contributed by atoms with Crippen LogP contribution in [0, 0.1) is 0 Å². The van der Waals surface area contributed by atoms with E-state index in [1.165, 1.54) is 0 Å². The molecule has 27 heavy (non-hydrogen) atoms. The van der Waals surface area contributed by atoms with Gasteiger partial charge < -0.3 is 24.3 Å². The van der Waals surface area contributed by atoms with E-state index in [4.69, 9.17) is 9.15 Å². The normalized spacial score (nSPS) is 19.8. The van der Waals surface area contributed by atoms with Crippen LogP contribution >= 0.6 is 0 Å². The van der Waals surface area contributed by atoms with E-state index in [-0.39, 0.29) is 12.1 Å². The monoisotopic (exact) mass is 370 g/mol. The summed E-state index contributed by atoms with van der Waals surface area (Å²) in [5.41, 5.74) is 0.422. The molecule has 1 aromatic heterocycles. The summed E-state index contributed by atoms with van der Waals surface area (Å²) in [4.78, 5) is 20.9. The van der Waals surface area contributed by atoms with Crippen molar-refractivity contribution in [2.45, 2.75) is 39.0 Å². The minimum absolute atomic E-state index is 0.199. The molecule has 1 aromatic carbocycles. The lowest BCUT2D eigenvalue weighted by Crippen LogP contribution is -2.57. The minimum Gasteiger partial charge on any atom is -0.459 e. The number of rotatable bonds is 2. The lowest BCUT2D eigenvalue weighted by molar-refractivity contribution is 0.0137. The average molecular weight is 370 g/mol. The number of hydrogen-bond acceptors (Lipinski definition) is 6. The van der Waals surface area contributed by atoms with Gasteiger partial charge >= 0.3 is 6.09 Å². The van der Waals surface area contributed by atoms with E-state index in [2.05, 4.69) is 21.3 Å². The second kappa shape index (κ2) is 6.79. The molecular weight excluding hydrogens is 344 g/mol. The Morgan fingerprint density at radius 1 is 1.33 bits per heavy atom. The summed E-state index contributed by atoms with van der Waals surface area (Å²) in [5, 5.41) is 4.49. The van der Waals surface area contributed by atoms with Gasteiger partial charge in [-0.15, -0.1) is 0 Å². The second-order valence-electron chi connectivity index (χ2n) is 8.04. The van der Waals surface area contributed by atoms with Crippen LogP contribution in [0.4, 0.5) is 4.79 Å². The molecule has 0 saturated carbocycles. The number of fused-ring (bicyclic) bond motifs is 2. The molecule has 0 bridgehead atoms. The summed E-state index contributed by atoms with van der Waals surface area (Å²) >= 11 is 0. The average Bonchev–Trinajstić information content (AvgIpc) is 3.21. The van der Waals surface area contributed by atoms with Crippen LogP contribution in [-0.4, -0.2) is 59.7 Å². The fourth-order valence-electron chi connectivity index (χ4n) is 3.51. The van der Waals surface area contributed by atoms with Gasteiger partial charge in [0, 0.05) is 25.0 Å². The van der Waals surface area contributed by atoms with Crippen LogP contribution in [0.5, 0.6) is 0 Å². The molecular formula is C20H26N4O3. The van der Waals surface area contributed by atoms with E-state index in [9.17, 15) is 4.79 Å². The first-order valence-electron chi connectivity index (χ1n) is 9.39. The maximum absolute atomic E-state index is 12.3. The van der Waals surface area contributed by atoms with Crippen molar-refractivity contribution in [3.63, 3.8) is 0 Å². The van der Waals surface area contributed by atoms with Crippen molar-refractivity contribution >= 4 is 23.0 Å². The summed E-state index contributed by atoms with van der Waals surface area (Å²) in [6, 6.07) is 10.2. The first kappa shape index (κ1) is 17.7. The van der Waals surface area contributed by atoms with Gasteiger partial charge in [-0.05, 0) is 32.9 Å². The summed E-state index contributed by atoms with van der Waals surface area (Å²) in [7, 11) is 0. The van der Waals surface area contributed by atoms with Crippen LogP contribution in [0.1, 0.15) is 26.5 Å². The van der Waals surface area contributed by atoms with E-state index in [1.807, 2.05) is 45.0 Å². The smallest absolute Gasteiger partial charge is 0.410 e. The van der Waals surface area contributed by atoms with Crippen molar-refractivity contribution in [1.29, 1.82) is 0 Å². The Kier molecular flexibility index (Phi) is 4.45. The molecule has 1 saturated heterocycles. The van der Waals surface area contributed by atoms with Gasteiger partial charge in [-0.25, -0.2) is 4.79 Å². The molecule has 2 aliphatic heterocycles. The van der Waals surface area contributed by atoms with Gasteiger partial charge in [0.25, 0.3) is 0 Å². The number of piperazine rings is 1. The molecule has 7 nitrogen and oxygen atoms in total. The Morgan fingerprint density at radius 2 is 2.15 bits per heavy atom. The number of ether oxygens (including phenoxy) is 1. The lowest BCUT2D eigenvalue weighted by Gasteiger charge is -2.39. The van der Waals surface area contributed by atoms with Crippen molar-refractivity contribution < 1.29 is 13.9 Å². The summed E-state index contributed by atoms with van der Waals surface area (Å²) < 4.78 is 11.3. The number of nitrogens with one attached hydrogen (secondary N) is 1. The Hall–Kier alpha value is -2.70. The zero-order valence-corrected chi connectivity index (χ0v) is 16.1. The van der Waals surface area contributed by atoms with Crippen molar-refractivity contribution in [3.8, 4) is 0 Å². The predicted octanol–water partition coefficient (Wildman–Crippen LogP) is 2.81. The summed E-state index contributed by atoms with van der Waals surface area (Å²) in [6.45, 7) is 8.95. The van der Waals surface area contributed by atoms with E-state index in [0.29, 0.717) is 26.2 Å². The van der Waals surface area contributed by atoms with Gasteiger partial charge in [0.05, 0.1) is 19.1 Å². The highest BCUT2D eigenvalue weighted by Crippen LogP contribution is 2.21. The predicted molar refractivity (Wildman–Crippen MR) is 104 cm³/mol. The van der Waals surface area contributed by atoms with Crippen molar-refractivity contribution in [2.24, 2.45) is 4.99 Å². The van der Waals surface area contributed by atoms with E-state index >= 15 is 0 Å². The van der Waals surface area contributed by atoms with Gasteiger partial charge in [0.1, 0.15) is 16.9 Å². The number of amides is 1. The SMILES string of the molecule is CC(C)(C)OC(=O)N1CCN2C(NCc3cc4ccccc4o3)=NCC2C1. The van der Waals surface area contributed by atoms with E-state index in [1.54, 1.807) is 4.90 Å². The first-order chi connectivity index (χ1) is 12.9. The molecule has 0 radical (unpaired) electrons. The highest BCUT2D eigenvalue weighted by molar-refractivity contribution is 5.83. The number of guanidine groups is 1. The number of benzene rings is 1. The molecule has 1 fully saturated rings. The molecule has 1 amide bonds. The van der Waals surface area contributed by atoms with Crippen molar-refractivity contribution in [2.75, 3.05) is 26.2 Å². The third-order valence-electron chi connectivity index (χ3n) is 4.76. The maximum Gasteiger partial charge on any atom is 0.410 e. The topological polar surface area (TPSA) is 70.3 Å². The molecule has 2 aliphatic rings. The van der Waals surface area contributed by atoms with Crippen LogP contribution in [0.15, 0.2) is 39.7 Å². The van der Waals surface area contributed by atoms with Crippen molar-refractivity contribution in [3.05, 3.63) is 36.1 Å². The lowest BCUT2D eigenvalue weighted by atomic mass is 10.2. The number of carbonyl (C=O) groups excluding carboxylic acids is 1. The third-order valence-corrected chi connectivity index (χ3v) is 4.76. The largest absolute Gasteiger partial charge is 0.459 e. The number of para-hydroxylation sites is 1. The number of nitrogens with zero attached hydrogens (tertiary/aromatic N) is 3. The fourth-order valence-corrected chi connectivity index (χ4v) is 3.51. The maximum atomic E-state index is 12.3. The molecule has 2 aromatic rings. The summed E-state index contributed by atoms with van der Waals surface area (Å²) in [6.07, 6.45) is -0.245. The molecule has 0 aliphatic carbocycles. The molecule has 3 heterocycles. The second-order valence-corrected chi connectivity index (χ2v) is 8.04. The number of aliphatic imine (C=N–C) groups is 1. The molecule has 1 atom stereocenters. The molecule has 1 unspecified atom stereocenters. The summed E-state index contributed by atoms with van der Waals surface area (Å²) in [5.74, 6) is 1.76. The van der Waals surface area contributed by atoms with Crippen LogP contribution in [0.25, 0.3) is 11.0 Å². The number of hydrogen-bond donors (Lipinski definition) is 1. The van der Waals surface area contributed by atoms with Crippen LogP contribution in [-0.2, 0) is 11.3 Å². The van der Waals surface area contributed by atoms with E-state index in [0.717, 1.165) is 29.2 Å². The molecule has 7 heteroatoms. The Morgan fingerprint density at radius 3 is 2.93 bits per heavy atom. The standard InChI is InChI=1S/C20H26N4O3/c1-20(2,3)27-19(25)23-8-9-24-15(13-23)11-21-18(24)22-12-16-10-14-6-4-5-7-17(14)26-16/h4-7,10,15H,8-9,11-13H2,1-3H3,(H,21,22). The molecule has 144 valence electrons. The Balaban J connectivity index is 1.33. The van der Waals surface area contributed by atoms with Crippen LogP contribution < -0.4 is 5.32 Å². The number of carbonyl (C=O) groups is 1. The van der Waals surface area contributed by atoms with Crippen molar-refractivity contribution in [1.82, 2.24) is 15.1 Å². The zero-order valence-electron chi connectivity index (χ0n) is 16.1. The Labute approximate surface area is 159 Å². The Bertz CT molecular complexity index is 834. The third kappa shape index (κ3) is 3.86. The quantitative estimate of drug-likeness (QED) is 0.880. The highest BCUT2D eigenvalue weighted by atomic mass is 16.6. The minimum atomic E-state index is -0.473. The number of furan rings is 1. The fraction of sp³-hybridized carbons (Fsp3) is 0.500. The highest BCUT2D eigenvalue weighted by Gasteiger charge is 2.36.